The predicted molar refractivity (Wildman–Crippen MR) is 53.4 cm³/mol. The number of allylic oxidation sites excluding steroid dienone is 1. The van der Waals surface area contributed by atoms with Gasteiger partial charge in [0.15, 0.2) is 0 Å². The van der Waals surface area contributed by atoms with E-state index in [2.05, 4.69) is 11.1 Å². The van der Waals surface area contributed by atoms with Gasteiger partial charge in [-0.2, -0.15) is 5.26 Å². The van der Waals surface area contributed by atoms with E-state index < -0.39 is 0 Å². The van der Waals surface area contributed by atoms with E-state index in [0.717, 1.165) is 5.57 Å². The van der Waals surface area contributed by atoms with Crippen molar-refractivity contribution in [2.24, 2.45) is 4.99 Å². The molecular formula is C10H13N3. The van der Waals surface area contributed by atoms with E-state index >= 15 is 0 Å². The van der Waals surface area contributed by atoms with E-state index in [0.29, 0.717) is 6.42 Å². The molecule has 0 saturated heterocycles. The Balaban J connectivity index is 2.77. The molecule has 1 heterocycles. The van der Waals surface area contributed by atoms with Crippen molar-refractivity contribution in [3.05, 3.63) is 23.9 Å². The molecule has 0 bridgehead atoms. The maximum Gasteiger partial charge on any atom is 0.0892 e. The molecule has 3 heteroatoms. The van der Waals surface area contributed by atoms with E-state index in [9.17, 15) is 0 Å². The van der Waals surface area contributed by atoms with Crippen molar-refractivity contribution >= 4 is 6.21 Å². The van der Waals surface area contributed by atoms with Crippen LogP contribution in [0.2, 0.25) is 0 Å². The highest BCUT2D eigenvalue weighted by Crippen LogP contribution is 2.15. The lowest BCUT2D eigenvalue weighted by molar-refractivity contribution is 0.553. The Hall–Kier alpha value is -1.56. The van der Waals surface area contributed by atoms with Crippen molar-refractivity contribution in [3.8, 4) is 6.07 Å². The van der Waals surface area contributed by atoms with Gasteiger partial charge >= 0.3 is 0 Å². The maximum absolute atomic E-state index is 8.58. The van der Waals surface area contributed by atoms with Crippen LogP contribution in [-0.2, 0) is 0 Å². The molecule has 0 spiro atoms. The van der Waals surface area contributed by atoms with E-state index in [1.807, 2.05) is 37.3 Å². The fraction of sp³-hybridized carbons (Fsp3) is 0.400. The van der Waals surface area contributed by atoms with Crippen molar-refractivity contribution in [1.82, 2.24) is 4.90 Å². The normalized spacial score (nSPS) is 23.2. The molecule has 0 saturated carbocycles. The van der Waals surface area contributed by atoms with Gasteiger partial charge in [0.1, 0.15) is 0 Å². The van der Waals surface area contributed by atoms with Gasteiger partial charge in [-0.3, -0.25) is 4.99 Å². The molecule has 0 aromatic heterocycles. The van der Waals surface area contributed by atoms with E-state index in [-0.39, 0.29) is 6.04 Å². The summed E-state index contributed by atoms with van der Waals surface area (Å²) in [7, 11) is 3.92. The predicted octanol–water partition coefficient (Wildman–Crippen LogP) is 1.35. The van der Waals surface area contributed by atoms with Gasteiger partial charge < -0.3 is 4.90 Å². The van der Waals surface area contributed by atoms with Crippen LogP contribution in [0.4, 0.5) is 0 Å². The molecule has 1 aliphatic heterocycles. The Morgan fingerprint density at radius 1 is 1.69 bits per heavy atom. The summed E-state index contributed by atoms with van der Waals surface area (Å²) in [6, 6.07) is 2.15. The third-order valence-corrected chi connectivity index (χ3v) is 1.72. The molecule has 0 fully saturated rings. The largest absolute Gasteiger partial charge is 0.383 e. The van der Waals surface area contributed by atoms with Crippen LogP contribution in [0.15, 0.2) is 28.9 Å². The van der Waals surface area contributed by atoms with Gasteiger partial charge in [-0.25, -0.2) is 0 Å². The fourth-order valence-corrected chi connectivity index (χ4v) is 1.19. The van der Waals surface area contributed by atoms with E-state index in [4.69, 9.17) is 5.26 Å². The highest BCUT2D eigenvalue weighted by molar-refractivity contribution is 5.74. The molecule has 1 atom stereocenters. The Morgan fingerprint density at radius 2 is 2.46 bits per heavy atom. The minimum atomic E-state index is 0.0115. The Morgan fingerprint density at radius 3 is 3.08 bits per heavy atom. The molecular weight excluding hydrogens is 162 g/mol. The zero-order valence-corrected chi connectivity index (χ0v) is 7.94. The molecule has 0 aliphatic carbocycles. The van der Waals surface area contributed by atoms with Gasteiger partial charge in [0.2, 0.25) is 0 Å². The number of nitrogens with zero attached hydrogens (tertiary/aromatic N) is 3. The van der Waals surface area contributed by atoms with Crippen molar-refractivity contribution in [3.63, 3.8) is 0 Å². The quantitative estimate of drug-likeness (QED) is 0.635. The lowest BCUT2D eigenvalue weighted by Crippen LogP contribution is -2.13. The second kappa shape index (κ2) is 4.46. The minimum absolute atomic E-state index is 0.0115. The highest BCUT2D eigenvalue weighted by Gasteiger charge is 2.11. The van der Waals surface area contributed by atoms with Crippen molar-refractivity contribution in [1.29, 1.82) is 5.26 Å². The van der Waals surface area contributed by atoms with Crippen LogP contribution in [-0.4, -0.2) is 31.3 Å². The molecule has 0 radical (unpaired) electrons. The highest BCUT2D eigenvalue weighted by atomic mass is 15.0. The lowest BCUT2D eigenvalue weighted by atomic mass is 10.0. The zero-order valence-electron chi connectivity index (χ0n) is 7.94. The monoisotopic (exact) mass is 175 g/mol. The molecule has 68 valence electrons. The summed E-state index contributed by atoms with van der Waals surface area (Å²) in [5, 5.41) is 8.58. The first kappa shape index (κ1) is 9.53. The van der Waals surface area contributed by atoms with Crippen LogP contribution in [0.25, 0.3) is 0 Å². The first-order valence-corrected chi connectivity index (χ1v) is 4.19. The van der Waals surface area contributed by atoms with Crippen molar-refractivity contribution < 1.29 is 0 Å². The van der Waals surface area contributed by atoms with E-state index in [1.165, 1.54) is 0 Å². The van der Waals surface area contributed by atoms with Gasteiger partial charge in [-0.15, -0.1) is 0 Å². The summed E-state index contributed by atoms with van der Waals surface area (Å²) in [5.74, 6) is 0. The summed E-state index contributed by atoms with van der Waals surface area (Å²) in [5.41, 5.74) is 1.09. The summed E-state index contributed by atoms with van der Waals surface area (Å²) < 4.78 is 0. The van der Waals surface area contributed by atoms with Gasteiger partial charge in [-0.1, -0.05) is 6.08 Å². The summed E-state index contributed by atoms with van der Waals surface area (Å²) in [4.78, 5) is 6.19. The average molecular weight is 175 g/mol. The topological polar surface area (TPSA) is 39.4 Å². The smallest absolute Gasteiger partial charge is 0.0892 e. The Kier molecular flexibility index (Phi) is 3.27. The number of hydrogen-bond donors (Lipinski definition) is 0. The molecule has 0 amide bonds. The van der Waals surface area contributed by atoms with E-state index in [1.54, 1.807) is 6.21 Å². The molecule has 0 aromatic carbocycles. The third-order valence-electron chi connectivity index (χ3n) is 1.72. The number of nitriles is 1. The number of hydrogen-bond acceptors (Lipinski definition) is 3. The average Bonchev–Trinajstić information content (AvgIpc) is 2.08. The van der Waals surface area contributed by atoms with Crippen molar-refractivity contribution in [2.75, 3.05) is 14.1 Å². The fourth-order valence-electron chi connectivity index (χ4n) is 1.19. The summed E-state index contributed by atoms with van der Waals surface area (Å²) >= 11 is 0. The summed E-state index contributed by atoms with van der Waals surface area (Å²) in [6.07, 6.45) is 8.07. The first-order valence-electron chi connectivity index (χ1n) is 4.19. The zero-order chi connectivity index (χ0) is 9.68. The standard InChI is InChI=1S/C10H13N3/c1-13(2)8-9-4-3-7-12-10(9)5-6-11/h3-4,7-8,10H,5H2,1-2H3. The van der Waals surface area contributed by atoms with Gasteiger partial charge in [-0.05, 0) is 11.6 Å². The third kappa shape index (κ3) is 2.75. The SMILES string of the molecule is CN(C)C=C1C=CC=NC1CC#N. The van der Waals surface area contributed by atoms with Crippen LogP contribution >= 0.6 is 0 Å². The second-order valence-electron chi connectivity index (χ2n) is 3.13. The number of aliphatic imine (C=N–C) groups is 1. The molecule has 1 rings (SSSR count). The van der Waals surface area contributed by atoms with Crippen LogP contribution in [0.3, 0.4) is 0 Å². The maximum atomic E-state index is 8.58. The Labute approximate surface area is 78.7 Å². The summed E-state index contributed by atoms with van der Waals surface area (Å²) in [6.45, 7) is 0. The first-order chi connectivity index (χ1) is 6.24. The molecule has 13 heavy (non-hydrogen) atoms. The molecule has 3 nitrogen and oxygen atoms in total. The van der Waals surface area contributed by atoms with Gasteiger partial charge in [0.25, 0.3) is 0 Å². The number of rotatable bonds is 2. The molecule has 0 aromatic rings. The minimum Gasteiger partial charge on any atom is -0.383 e. The lowest BCUT2D eigenvalue weighted by Gasteiger charge is -2.15. The molecule has 1 unspecified atom stereocenters. The number of dihydropyridines is 1. The molecule has 1 aliphatic rings. The van der Waals surface area contributed by atoms with Gasteiger partial charge in [0, 0.05) is 26.5 Å². The second-order valence-corrected chi connectivity index (χ2v) is 3.13. The van der Waals surface area contributed by atoms with Gasteiger partial charge in [0.05, 0.1) is 18.5 Å². The van der Waals surface area contributed by atoms with Crippen LogP contribution in [0.1, 0.15) is 6.42 Å². The van der Waals surface area contributed by atoms with Crippen molar-refractivity contribution in [2.45, 2.75) is 12.5 Å². The molecule has 0 N–H and O–H groups in total. The van der Waals surface area contributed by atoms with Crippen LogP contribution in [0.5, 0.6) is 0 Å². The van der Waals surface area contributed by atoms with Crippen LogP contribution in [0, 0.1) is 11.3 Å². The van der Waals surface area contributed by atoms with Crippen LogP contribution < -0.4 is 0 Å². The Bertz CT molecular complexity index is 292.